The number of para-hydroxylation sites is 1. The zero-order valence-corrected chi connectivity index (χ0v) is 22.1. The lowest BCUT2D eigenvalue weighted by atomic mass is 9.96. The summed E-state index contributed by atoms with van der Waals surface area (Å²) >= 11 is 1.13. The van der Waals surface area contributed by atoms with E-state index in [9.17, 15) is 19.2 Å². The number of carbonyl (C=O) groups is 3. The van der Waals surface area contributed by atoms with Crippen molar-refractivity contribution in [3.05, 3.63) is 90.6 Å². The smallest absolute Gasteiger partial charge is 0.338 e. The van der Waals surface area contributed by atoms with Gasteiger partial charge in [-0.2, -0.15) is 0 Å². The first-order chi connectivity index (χ1) is 18.3. The zero-order valence-electron chi connectivity index (χ0n) is 21.3. The Morgan fingerprint density at radius 1 is 1.08 bits per heavy atom. The first-order valence-corrected chi connectivity index (χ1v) is 12.9. The van der Waals surface area contributed by atoms with Gasteiger partial charge in [-0.1, -0.05) is 48.6 Å². The molecular formula is C28H25N3O6S. The highest BCUT2D eigenvalue weighted by molar-refractivity contribution is 7.07. The molecule has 0 N–H and O–H groups in total. The van der Waals surface area contributed by atoms with Gasteiger partial charge in [-0.15, -0.1) is 0 Å². The normalized spacial score (nSPS) is 17.6. The molecule has 0 fully saturated rings. The number of nitrogens with zero attached hydrogens (tertiary/aromatic N) is 3. The number of amides is 1. The number of carbonyl (C=O) groups excluding carboxylic acids is 3. The van der Waals surface area contributed by atoms with E-state index < -0.39 is 23.5 Å². The summed E-state index contributed by atoms with van der Waals surface area (Å²) in [7, 11) is 1.27. The van der Waals surface area contributed by atoms with Crippen molar-refractivity contribution in [3.63, 3.8) is 0 Å². The van der Waals surface area contributed by atoms with Crippen LogP contribution in [0.1, 0.15) is 44.4 Å². The number of benzene rings is 2. The lowest BCUT2D eigenvalue weighted by molar-refractivity contribution is -0.136. The Morgan fingerprint density at radius 2 is 1.79 bits per heavy atom. The summed E-state index contributed by atoms with van der Waals surface area (Å²) in [5.41, 5.74) is 2.60. The Balaban J connectivity index is 1.77. The number of methoxy groups -OCH3 is 1. The summed E-state index contributed by atoms with van der Waals surface area (Å²) < 4.78 is 11.9. The third-order valence-corrected chi connectivity index (χ3v) is 7.51. The van der Waals surface area contributed by atoms with Crippen molar-refractivity contribution in [2.75, 3.05) is 18.6 Å². The highest BCUT2D eigenvalue weighted by Gasteiger charge is 2.37. The molecule has 5 rings (SSSR count). The van der Waals surface area contributed by atoms with Crippen molar-refractivity contribution in [1.29, 1.82) is 0 Å². The Hall–Kier alpha value is -4.31. The van der Waals surface area contributed by atoms with Crippen LogP contribution in [-0.2, 0) is 19.1 Å². The third kappa shape index (κ3) is 4.06. The first-order valence-electron chi connectivity index (χ1n) is 12.1. The van der Waals surface area contributed by atoms with E-state index >= 15 is 0 Å². The molecule has 38 heavy (non-hydrogen) atoms. The van der Waals surface area contributed by atoms with Gasteiger partial charge in [-0.3, -0.25) is 19.0 Å². The SMILES string of the molecule is CCCN1C(=O)/C(=c2\sc3n(c2=O)C(c2ccc(OC(C)=O)cc2)C(C(=O)OC)=C(C)N=3)c2ccccc21. The number of hydrogen-bond acceptors (Lipinski definition) is 8. The number of fused-ring (bicyclic) bond motifs is 2. The van der Waals surface area contributed by atoms with Crippen LogP contribution in [0.3, 0.4) is 0 Å². The number of ether oxygens (including phenoxy) is 2. The van der Waals surface area contributed by atoms with Crippen LogP contribution in [0.4, 0.5) is 5.69 Å². The van der Waals surface area contributed by atoms with E-state index in [2.05, 4.69) is 4.99 Å². The average Bonchev–Trinajstić information content (AvgIpc) is 3.36. The van der Waals surface area contributed by atoms with Crippen molar-refractivity contribution in [2.45, 2.75) is 33.2 Å². The van der Waals surface area contributed by atoms with Crippen LogP contribution in [0.25, 0.3) is 5.57 Å². The summed E-state index contributed by atoms with van der Waals surface area (Å²) in [5, 5.41) is 0. The van der Waals surface area contributed by atoms with Crippen molar-refractivity contribution >= 4 is 40.4 Å². The van der Waals surface area contributed by atoms with Gasteiger partial charge in [0.15, 0.2) is 4.80 Å². The van der Waals surface area contributed by atoms with Crippen LogP contribution < -0.4 is 24.5 Å². The fourth-order valence-electron chi connectivity index (χ4n) is 4.89. The molecule has 1 aromatic heterocycles. The molecule has 10 heteroatoms. The van der Waals surface area contributed by atoms with Crippen LogP contribution >= 0.6 is 11.3 Å². The Kier molecular flexibility index (Phi) is 6.58. The molecule has 2 aliphatic heterocycles. The maximum absolute atomic E-state index is 14.1. The van der Waals surface area contributed by atoms with Gasteiger partial charge in [0, 0.05) is 19.0 Å². The second-order valence-electron chi connectivity index (χ2n) is 8.91. The largest absolute Gasteiger partial charge is 0.466 e. The van der Waals surface area contributed by atoms with Crippen LogP contribution in [0.5, 0.6) is 5.75 Å². The number of hydrogen-bond donors (Lipinski definition) is 0. The van der Waals surface area contributed by atoms with Crippen molar-refractivity contribution in [1.82, 2.24) is 4.57 Å². The second kappa shape index (κ2) is 9.86. The molecule has 0 saturated carbocycles. The van der Waals surface area contributed by atoms with Gasteiger partial charge in [0.05, 0.1) is 35.7 Å². The number of thiazole rings is 1. The molecule has 0 radical (unpaired) electrons. The number of esters is 2. The standard InChI is InChI=1S/C28H25N3O6S/c1-5-14-30-20-9-7-6-8-19(20)22(25(30)33)24-26(34)31-23(17-10-12-18(13-11-17)37-16(3)32)21(27(35)36-4)15(2)29-28(31)38-24/h6-13,23H,5,14H2,1-4H3/b24-22-. The summed E-state index contributed by atoms with van der Waals surface area (Å²) in [6.07, 6.45) is 0.764. The second-order valence-corrected chi connectivity index (χ2v) is 9.88. The fourth-order valence-corrected chi connectivity index (χ4v) is 6.02. The summed E-state index contributed by atoms with van der Waals surface area (Å²) in [6, 6.07) is 13.1. The molecule has 3 aromatic rings. The predicted octanol–water partition coefficient (Wildman–Crippen LogP) is 2.46. The molecule has 1 atom stereocenters. The van der Waals surface area contributed by atoms with Gasteiger partial charge in [0.1, 0.15) is 10.3 Å². The molecule has 9 nitrogen and oxygen atoms in total. The van der Waals surface area contributed by atoms with Gasteiger partial charge in [0.25, 0.3) is 11.5 Å². The molecule has 0 saturated heterocycles. The number of aromatic nitrogens is 1. The highest BCUT2D eigenvalue weighted by Crippen LogP contribution is 2.36. The topological polar surface area (TPSA) is 107 Å². The maximum Gasteiger partial charge on any atom is 0.338 e. The van der Waals surface area contributed by atoms with Crippen LogP contribution in [0.2, 0.25) is 0 Å². The third-order valence-electron chi connectivity index (χ3n) is 6.46. The zero-order chi connectivity index (χ0) is 27.1. The highest BCUT2D eigenvalue weighted by atomic mass is 32.1. The van der Waals surface area contributed by atoms with E-state index in [0.717, 1.165) is 23.4 Å². The lowest BCUT2D eigenvalue weighted by Gasteiger charge is -2.24. The molecule has 1 amide bonds. The number of allylic oxidation sites excluding steroid dienone is 1. The minimum absolute atomic E-state index is 0.211. The van der Waals surface area contributed by atoms with Crippen molar-refractivity contribution < 1.29 is 23.9 Å². The average molecular weight is 532 g/mol. The Labute approximate surface area is 221 Å². The van der Waals surface area contributed by atoms with E-state index in [4.69, 9.17) is 9.47 Å². The Bertz CT molecular complexity index is 1700. The van der Waals surface area contributed by atoms with Gasteiger partial charge in [-0.25, -0.2) is 9.79 Å². The first kappa shape index (κ1) is 25.3. The molecule has 0 bridgehead atoms. The van der Waals surface area contributed by atoms with Gasteiger partial charge in [-0.05, 0) is 37.1 Å². The van der Waals surface area contributed by atoms with Crippen molar-refractivity contribution in [2.24, 2.45) is 4.99 Å². The minimum atomic E-state index is -0.849. The van der Waals surface area contributed by atoms with E-state index in [1.807, 2.05) is 31.2 Å². The van der Waals surface area contributed by atoms with Gasteiger partial charge >= 0.3 is 11.9 Å². The van der Waals surface area contributed by atoms with Gasteiger partial charge < -0.3 is 14.4 Å². The summed E-state index contributed by atoms with van der Waals surface area (Å²) in [6.45, 7) is 5.51. The van der Waals surface area contributed by atoms with Gasteiger partial charge in [0.2, 0.25) is 0 Å². The summed E-state index contributed by atoms with van der Waals surface area (Å²) in [4.78, 5) is 58.5. The number of rotatable bonds is 5. The van der Waals surface area contributed by atoms with E-state index in [-0.39, 0.29) is 16.0 Å². The Morgan fingerprint density at radius 3 is 2.45 bits per heavy atom. The lowest BCUT2D eigenvalue weighted by Crippen LogP contribution is -2.40. The van der Waals surface area contributed by atoms with Crippen LogP contribution in [0.15, 0.2) is 69.6 Å². The molecule has 2 aliphatic rings. The van der Waals surface area contributed by atoms with E-state index in [1.165, 1.54) is 18.6 Å². The van der Waals surface area contributed by atoms with Crippen LogP contribution in [-0.4, -0.2) is 36.1 Å². The van der Waals surface area contributed by atoms with Crippen molar-refractivity contribution in [3.8, 4) is 5.75 Å². The monoisotopic (exact) mass is 531 g/mol. The quantitative estimate of drug-likeness (QED) is 0.370. The molecule has 0 aliphatic carbocycles. The summed E-state index contributed by atoms with van der Waals surface area (Å²) in [5.74, 6) is -0.976. The predicted molar refractivity (Wildman–Crippen MR) is 142 cm³/mol. The molecule has 194 valence electrons. The molecule has 3 heterocycles. The fraction of sp³-hybridized carbons (Fsp3) is 0.250. The maximum atomic E-state index is 14.1. The van der Waals surface area contributed by atoms with E-state index in [0.29, 0.717) is 39.5 Å². The van der Waals surface area contributed by atoms with E-state index in [1.54, 1.807) is 36.1 Å². The minimum Gasteiger partial charge on any atom is -0.466 e. The van der Waals surface area contributed by atoms with Crippen LogP contribution in [0, 0.1) is 0 Å². The number of anilines is 1. The molecular weight excluding hydrogens is 506 g/mol. The molecule has 1 unspecified atom stereocenters. The molecule has 0 spiro atoms. The molecule has 2 aromatic carbocycles.